The predicted molar refractivity (Wildman–Crippen MR) is 71.3 cm³/mol. The zero-order valence-corrected chi connectivity index (χ0v) is 11.8. The molecule has 19 heavy (non-hydrogen) atoms. The molecule has 3 nitrogen and oxygen atoms in total. The molecule has 2 aromatic rings. The van der Waals surface area contributed by atoms with Crippen molar-refractivity contribution in [3.63, 3.8) is 0 Å². The highest BCUT2D eigenvalue weighted by Gasteiger charge is 2.20. The first kappa shape index (κ1) is 14.0. The van der Waals surface area contributed by atoms with Crippen LogP contribution in [0, 0.1) is 11.6 Å². The van der Waals surface area contributed by atoms with Gasteiger partial charge in [0.1, 0.15) is 16.5 Å². The van der Waals surface area contributed by atoms with Gasteiger partial charge in [-0.15, -0.1) is 0 Å². The Morgan fingerprint density at radius 2 is 1.68 bits per heavy atom. The number of hydrogen-bond acceptors (Lipinski definition) is 2. The van der Waals surface area contributed by atoms with Crippen molar-refractivity contribution in [2.75, 3.05) is 4.72 Å². The summed E-state index contributed by atoms with van der Waals surface area (Å²) >= 11 is 3.03. The maximum absolute atomic E-state index is 13.6. The van der Waals surface area contributed by atoms with Crippen LogP contribution in [0.25, 0.3) is 0 Å². The first-order valence-electron chi connectivity index (χ1n) is 5.12. The lowest BCUT2D eigenvalue weighted by molar-refractivity contribution is 0.569. The van der Waals surface area contributed by atoms with Gasteiger partial charge in [-0.1, -0.05) is 28.1 Å². The van der Waals surface area contributed by atoms with E-state index in [1.54, 1.807) is 0 Å². The predicted octanol–water partition coefficient (Wildman–Crippen LogP) is 3.53. The zero-order valence-electron chi connectivity index (χ0n) is 9.40. The normalized spacial score (nSPS) is 11.3. The molecule has 2 aromatic carbocycles. The highest BCUT2D eigenvalue weighted by molar-refractivity contribution is 9.10. The highest BCUT2D eigenvalue weighted by atomic mass is 79.9. The van der Waals surface area contributed by atoms with Crippen LogP contribution < -0.4 is 4.72 Å². The average molecular weight is 348 g/mol. The molecule has 0 fully saturated rings. The number of anilines is 1. The summed E-state index contributed by atoms with van der Waals surface area (Å²) in [7, 11) is -4.17. The Balaban J connectivity index is 2.41. The number of rotatable bonds is 3. The number of nitrogens with one attached hydrogen (secondary N) is 1. The average Bonchev–Trinajstić information content (AvgIpc) is 2.31. The fourth-order valence-corrected chi connectivity index (χ4v) is 2.90. The molecule has 1 N–H and O–H groups in total. The Bertz CT molecular complexity index is 719. The van der Waals surface area contributed by atoms with Crippen molar-refractivity contribution >= 4 is 31.6 Å². The monoisotopic (exact) mass is 347 g/mol. The number of benzene rings is 2. The van der Waals surface area contributed by atoms with Gasteiger partial charge in [0.15, 0.2) is 0 Å². The fraction of sp³-hybridized carbons (Fsp3) is 0. The lowest BCUT2D eigenvalue weighted by atomic mass is 10.3. The molecule has 0 spiro atoms. The Morgan fingerprint density at radius 3 is 2.32 bits per heavy atom. The van der Waals surface area contributed by atoms with Crippen LogP contribution in [-0.2, 0) is 10.0 Å². The molecule has 0 amide bonds. The van der Waals surface area contributed by atoms with E-state index in [0.717, 1.165) is 18.2 Å². The minimum Gasteiger partial charge on any atom is -0.277 e. The molecule has 0 saturated carbocycles. The van der Waals surface area contributed by atoms with Gasteiger partial charge in [-0.05, 0) is 30.3 Å². The molecule has 0 aliphatic rings. The molecule has 0 radical (unpaired) electrons. The van der Waals surface area contributed by atoms with Gasteiger partial charge >= 0.3 is 0 Å². The molecule has 0 atom stereocenters. The summed E-state index contributed by atoms with van der Waals surface area (Å²) in [6, 6.07) is 8.77. The maximum Gasteiger partial charge on any atom is 0.264 e. The van der Waals surface area contributed by atoms with E-state index in [-0.39, 0.29) is 5.69 Å². The lowest BCUT2D eigenvalue weighted by Crippen LogP contribution is -2.15. The van der Waals surface area contributed by atoms with Crippen molar-refractivity contribution in [3.05, 3.63) is 58.6 Å². The second kappa shape index (κ2) is 5.26. The molecule has 0 unspecified atom stereocenters. The van der Waals surface area contributed by atoms with Gasteiger partial charge in [0.25, 0.3) is 10.0 Å². The third-order valence-corrected chi connectivity index (χ3v) is 4.19. The van der Waals surface area contributed by atoms with Crippen molar-refractivity contribution in [1.29, 1.82) is 0 Å². The van der Waals surface area contributed by atoms with Crippen LogP contribution in [0.5, 0.6) is 0 Å². The zero-order chi connectivity index (χ0) is 14.0. The summed E-state index contributed by atoms with van der Waals surface area (Å²) in [5.41, 5.74) is -0.232. The van der Waals surface area contributed by atoms with Crippen LogP contribution >= 0.6 is 15.9 Å². The van der Waals surface area contributed by atoms with Crippen molar-refractivity contribution in [2.45, 2.75) is 4.90 Å². The second-order valence-corrected chi connectivity index (χ2v) is 6.23. The third-order valence-electron chi connectivity index (χ3n) is 2.30. The summed E-state index contributed by atoms with van der Waals surface area (Å²) < 4.78 is 53.3. The van der Waals surface area contributed by atoms with Crippen LogP contribution in [0.4, 0.5) is 14.5 Å². The lowest BCUT2D eigenvalue weighted by Gasteiger charge is -2.09. The highest BCUT2D eigenvalue weighted by Crippen LogP contribution is 2.23. The van der Waals surface area contributed by atoms with Crippen LogP contribution in [0.1, 0.15) is 0 Å². The van der Waals surface area contributed by atoms with Gasteiger partial charge in [-0.3, -0.25) is 4.72 Å². The van der Waals surface area contributed by atoms with Crippen molar-refractivity contribution < 1.29 is 17.2 Å². The van der Waals surface area contributed by atoms with Crippen LogP contribution in [0.3, 0.4) is 0 Å². The summed E-state index contributed by atoms with van der Waals surface area (Å²) in [5, 5.41) is 0. The minimum absolute atomic E-state index is 0.232. The van der Waals surface area contributed by atoms with E-state index in [2.05, 4.69) is 15.9 Å². The molecule has 0 heterocycles. The minimum atomic E-state index is -4.17. The third kappa shape index (κ3) is 3.10. The van der Waals surface area contributed by atoms with Crippen molar-refractivity contribution in [3.8, 4) is 0 Å². The Labute approximate surface area is 117 Å². The van der Waals surface area contributed by atoms with Crippen LogP contribution in [0.2, 0.25) is 0 Å². The Hall–Kier alpha value is -1.47. The standard InChI is InChI=1S/C12H8BrF2NO2S/c13-8-5-6-12(10(15)7-8)19(17,18)16-11-4-2-1-3-9(11)14/h1-7,16H. The first-order valence-corrected chi connectivity index (χ1v) is 7.40. The molecule has 0 aliphatic carbocycles. The van der Waals surface area contributed by atoms with E-state index in [4.69, 9.17) is 0 Å². The summed E-state index contributed by atoms with van der Waals surface area (Å²) in [6.07, 6.45) is 0. The smallest absolute Gasteiger partial charge is 0.264 e. The Kier molecular flexibility index (Phi) is 3.86. The second-order valence-electron chi connectivity index (χ2n) is 3.66. The van der Waals surface area contributed by atoms with Crippen molar-refractivity contribution in [1.82, 2.24) is 0 Å². The van der Waals surface area contributed by atoms with E-state index >= 15 is 0 Å². The summed E-state index contributed by atoms with van der Waals surface area (Å²) in [6.45, 7) is 0. The number of sulfonamides is 1. The molecular weight excluding hydrogens is 340 g/mol. The topological polar surface area (TPSA) is 46.2 Å². The molecule has 2 rings (SSSR count). The Morgan fingerprint density at radius 1 is 1.00 bits per heavy atom. The molecule has 0 aromatic heterocycles. The number of halogens is 3. The molecular formula is C12H8BrF2NO2S. The van der Waals surface area contributed by atoms with Crippen LogP contribution in [-0.4, -0.2) is 8.42 Å². The van der Waals surface area contributed by atoms with Gasteiger partial charge in [-0.25, -0.2) is 17.2 Å². The van der Waals surface area contributed by atoms with E-state index in [0.29, 0.717) is 4.47 Å². The fourth-order valence-electron chi connectivity index (χ4n) is 1.44. The van der Waals surface area contributed by atoms with Crippen LogP contribution in [0.15, 0.2) is 51.8 Å². The van der Waals surface area contributed by atoms with Gasteiger partial charge in [0.2, 0.25) is 0 Å². The molecule has 7 heteroatoms. The molecule has 0 aliphatic heterocycles. The SMILES string of the molecule is O=S(=O)(Nc1ccccc1F)c1ccc(Br)cc1F. The quantitative estimate of drug-likeness (QED) is 0.923. The molecule has 0 saturated heterocycles. The van der Waals surface area contributed by atoms with Gasteiger partial charge < -0.3 is 0 Å². The maximum atomic E-state index is 13.6. The van der Waals surface area contributed by atoms with Gasteiger partial charge in [0.05, 0.1) is 5.69 Å². The van der Waals surface area contributed by atoms with Gasteiger partial charge in [0, 0.05) is 4.47 Å². The molecule has 0 bridgehead atoms. The summed E-state index contributed by atoms with van der Waals surface area (Å²) in [5.74, 6) is -1.65. The van der Waals surface area contributed by atoms with Crippen molar-refractivity contribution in [2.24, 2.45) is 0 Å². The largest absolute Gasteiger partial charge is 0.277 e. The van der Waals surface area contributed by atoms with Gasteiger partial charge in [-0.2, -0.15) is 0 Å². The molecule has 100 valence electrons. The number of para-hydroxylation sites is 1. The number of hydrogen-bond donors (Lipinski definition) is 1. The van der Waals surface area contributed by atoms with E-state index in [1.165, 1.54) is 24.3 Å². The van der Waals surface area contributed by atoms with E-state index in [9.17, 15) is 17.2 Å². The first-order chi connectivity index (χ1) is 8.90. The van der Waals surface area contributed by atoms with E-state index < -0.39 is 26.6 Å². The van der Waals surface area contributed by atoms with E-state index in [1.807, 2.05) is 4.72 Å². The summed E-state index contributed by atoms with van der Waals surface area (Å²) in [4.78, 5) is -0.543.